The van der Waals surface area contributed by atoms with E-state index in [1.54, 1.807) is 0 Å². The molecule has 0 aromatic heterocycles. The third kappa shape index (κ3) is 2.44. The van der Waals surface area contributed by atoms with Gasteiger partial charge in [0.05, 0.1) is 13.5 Å². The number of carbonyl (C=O) groups is 1. The number of benzene rings is 1. The van der Waals surface area contributed by atoms with E-state index in [-0.39, 0.29) is 12.4 Å². The number of halogens is 1. The average molecular weight is 252 g/mol. The fourth-order valence-corrected chi connectivity index (χ4v) is 2.12. The molecule has 1 aromatic carbocycles. The van der Waals surface area contributed by atoms with Gasteiger partial charge in [-0.25, -0.2) is 0 Å². The molecule has 0 aliphatic carbocycles. The molecular formula is C13H14ClNO2. The molecule has 1 aliphatic rings. The lowest BCUT2D eigenvalue weighted by molar-refractivity contribution is -0.139. The minimum atomic E-state index is -0.230. The van der Waals surface area contributed by atoms with Crippen LogP contribution in [-0.4, -0.2) is 26.7 Å². The molecule has 0 saturated heterocycles. The highest BCUT2D eigenvalue weighted by molar-refractivity contribution is 6.31. The summed E-state index contributed by atoms with van der Waals surface area (Å²) < 4.78 is 4.70. The number of esters is 1. The summed E-state index contributed by atoms with van der Waals surface area (Å²) in [5, 5.41) is 0.676. The Bertz CT molecular complexity index is 482. The fraction of sp³-hybridized carbons (Fsp3) is 0.308. The molecule has 3 nitrogen and oxygen atoms in total. The van der Waals surface area contributed by atoms with Gasteiger partial charge in [0.25, 0.3) is 0 Å². The number of likely N-dealkylation sites (N-methyl/N-ethyl adjacent to an activating group) is 1. The van der Waals surface area contributed by atoms with Gasteiger partial charge in [-0.2, -0.15) is 0 Å². The first-order valence-electron chi connectivity index (χ1n) is 5.38. The van der Waals surface area contributed by atoms with Crippen LogP contribution >= 0.6 is 11.6 Å². The largest absolute Gasteiger partial charge is 0.469 e. The molecule has 0 spiro atoms. The second-order valence-corrected chi connectivity index (χ2v) is 4.46. The molecule has 0 saturated carbocycles. The lowest BCUT2D eigenvalue weighted by atomic mass is 9.97. The summed E-state index contributed by atoms with van der Waals surface area (Å²) in [6.45, 7) is 0.793. The van der Waals surface area contributed by atoms with Crippen LogP contribution in [0.1, 0.15) is 12.0 Å². The summed E-state index contributed by atoms with van der Waals surface area (Å²) in [5.41, 5.74) is 3.08. The number of rotatable bonds is 2. The Morgan fingerprint density at radius 1 is 1.53 bits per heavy atom. The highest BCUT2D eigenvalue weighted by Gasteiger charge is 2.18. The smallest absolute Gasteiger partial charge is 0.309 e. The molecule has 0 bridgehead atoms. The van der Waals surface area contributed by atoms with Crippen molar-refractivity contribution < 1.29 is 9.53 Å². The Morgan fingerprint density at radius 3 is 3.00 bits per heavy atom. The van der Waals surface area contributed by atoms with Gasteiger partial charge in [-0.05, 0) is 23.8 Å². The van der Waals surface area contributed by atoms with Gasteiger partial charge in [0.15, 0.2) is 0 Å². The van der Waals surface area contributed by atoms with Crippen LogP contribution in [0.4, 0.5) is 5.69 Å². The van der Waals surface area contributed by atoms with Crippen molar-refractivity contribution >= 4 is 28.8 Å². The molecule has 90 valence electrons. The molecule has 2 rings (SSSR count). The Morgan fingerprint density at radius 2 is 2.29 bits per heavy atom. The van der Waals surface area contributed by atoms with E-state index in [0.717, 1.165) is 23.4 Å². The SMILES string of the molecule is COC(=O)CC1=CCN(C)c2ccc(Cl)cc21. The van der Waals surface area contributed by atoms with E-state index in [9.17, 15) is 4.79 Å². The minimum Gasteiger partial charge on any atom is -0.469 e. The highest BCUT2D eigenvalue weighted by Crippen LogP contribution is 2.34. The molecule has 1 aromatic rings. The fourth-order valence-electron chi connectivity index (χ4n) is 1.95. The van der Waals surface area contributed by atoms with Gasteiger partial charge in [0, 0.05) is 29.9 Å². The van der Waals surface area contributed by atoms with Crippen LogP contribution < -0.4 is 4.90 Å². The van der Waals surface area contributed by atoms with E-state index in [0.29, 0.717) is 5.02 Å². The Kier molecular flexibility index (Phi) is 3.38. The number of hydrogen-bond donors (Lipinski definition) is 0. The Balaban J connectivity index is 2.38. The summed E-state index contributed by atoms with van der Waals surface area (Å²) in [5.74, 6) is -0.230. The van der Waals surface area contributed by atoms with Crippen molar-refractivity contribution in [1.82, 2.24) is 0 Å². The van der Waals surface area contributed by atoms with Crippen molar-refractivity contribution in [3.8, 4) is 0 Å². The average Bonchev–Trinajstić information content (AvgIpc) is 2.32. The first kappa shape index (κ1) is 12.0. The van der Waals surface area contributed by atoms with Crippen molar-refractivity contribution in [3.63, 3.8) is 0 Å². The standard InChI is InChI=1S/C13H14ClNO2/c1-15-6-5-9(7-13(16)17-2)11-8-10(14)3-4-12(11)15/h3-5,8H,6-7H2,1-2H3. The number of hydrogen-bond acceptors (Lipinski definition) is 3. The van der Waals surface area contributed by atoms with E-state index in [1.807, 2.05) is 31.3 Å². The predicted molar refractivity (Wildman–Crippen MR) is 69.3 cm³/mol. The van der Waals surface area contributed by atoms with Gasteiger partial charge >= 0.3 is 5.97 Å². The Hall–Kier alpha value is -1.48. The van der Waals surface area contributed by atoms with Gasteiger partial charge in [-0.15, -0.1) is 0 Å². The number of nitrogens with zero attached hydrogens (tertiary/aromatic N) is 1. The molecule has 0 amide bonds. The number of carbonyl (C=O) groups excluding carboxylic acids is 1. The molecule has 0 atom stereocenters. The zero-order chi connectivity index (χ0) is 12.4. The number of fused-ring (bicyclic) bond motifs is 1. The topological polar surface area (TPSA) is 29.5 Å². The monoisotopic (exact) mass is 251 g/mol. The molecule has 0 radical (unpaired) electrons. The number of anilines is 1. The van der Waals surface area contributed by atoms with Crippen molar-refractivity contribution in [3.05, 3.63) is 34.9 Å². The molecule has 1 heterocycles. The van der Waals surface area contributed by atoms with Gasteiger partial charge in [0.1, 0.15) is 0 Å². The van der Waals surface area contributed by atoms with Crippen LogP contribution in [0.3, 0.4) is 0 Å². The van der Waals surface area contributed by atoms with Crippen LogP contribution in [0.15, 0.2) is 24.3 Å². The van der Waals surface area contributed by atoms with Gasteiger partial charge in [0.2, 0.25) is 0 Å². The lowest BCUT2D eigenvalue weighted by Gasteiger charge is -2.27. The summed E-state index contributed by atoms with van der Waals surface area (Å²) in [6, 6.07) is 5.72. The highest BCUT2D eigenvalue weighted by atomic mass is 35.5. The van der Waals surface area contributed by atoms with Crippen LogP contribution in [0.5, 0.6) is 0 Å². The molecule has 0 N–H and O–H groups in total. The maximum Gasteiger partial charge on any atom is 0.309 e. The summed E-state index contributed by atoms with van der Waals surface area (Å²) in [7, 11) is 3.41. The zero-order valence-corrected chi connectivity index (χ0v) is 10.6. The zero-order valence-electron chi connectivity index (χ0n) is 9.87. The van der Waals surface area contributed by atoms with Gasteiger partial charge in [-0.3, -0.25) is 4.79 Å². The van der Waals surface area contributed by atoms with Crippen LogP contribution in [0.25, 0.3) is 5.57 Å². The van der Waals surface area contributed by atoms with E-state index >= 15 is 0 Å². The van der Waals surface area contributed by atoms with Crippen molar-refractivity contribution in [2.45, 2.75) is 6.42 Å². The number of ether oxygens (including phenoxy) is 1. The maximum absolute atomic E-state index is 11.3. The van der Waals surface area contributed by atoms with Gasteiger partial charge < -0.3 is 9.64 Å². The van der Waals surface area contributed by atoms with Crippen molar-refractivity contribution in [2.24, 2.45) is 0 Å². The van der Waals surface area contributed by atoms with Gasteiger partial charge in [-0.1, -0.05) is 17.7 Å². The lowest BCUT2D eigenvalue weighted by Crippen LogP contribution is -2.22. The third-order valence-electron chi connectivity index (χ3n) is 2.89. The van der Waals surface area contributed by atoms with E-state index in [2.05, 4.69) is 4.90 Å². The molecule has 17 heavy (non-hydrogen) atoms. The van der Waals surface area contributed by atoms with E-state index in [4.69, 9.17) is 16.3 Å². The van der Waals surface area contributed by atoms with E-state index < -0.39 is 0 Å². The first-order chi connectivity index (χ1) is 8.11. The number of methoxy groups -OCH3 is 1. The summed E-state index contributed by atoms with van der Waals surface area (Å²) in [4.78, 5) is 13.5. The molecule has 0 unspecified atom stereocenters. The van der Waals surface area contributed by atoms with Crippen molar-refractivity contribution in [2.75, 3.05) is 25.6 Å². The second kappa shape index (κ2) is 4.80. The van der Waals surface area contributed by atoms with Crippen LogP contribution in [0.2, 0.25) is 5.02 Å². The van der Waals surface area contributed by atoms with E-state index in [1.165, 1.54) is 7.11 Å². The molecule has 0 fully saturated rings. The quantitative estimate of drug-likeness (QED) is 0.757. The molecule has 4 heteroatoms. The maximum atomic E-state index is 11.3. The molecule has 1 aliphatic heterocycles. The Labute approximate surface area is 106 Å². The summed E-state index contributed by atoms with van der Waals surface area (Å²) >= 11 is 6.00. The molecular weight excluding hydrogens is 238 g/mol. The van der Waals surface area contributed by atoms with Crippen molar-refractivity contribution in [1.29, 1.82) is 0 Å². The first-order valence-corrected chi connectivity index (χ1v) is 5.76. The van der Waals surface area contributed by atoms with Crippen LogP contribution in [-0.2, 0) is 9.53 Å². The minimum absolute atomic E-state index is 0.230. The predicted octanol–water partition coefficient (Wildman–Crippen LogP) is 2.74. The third-order valence-corrected chi connectivity index (χ3v) is 3.12. The second-order valence-electron chi connectivity index (χ2n) is 4.02. The van der Waals surface area contributed by atoms with Crippen LogP contribution in [0, 0.1) is 0 Å². The normalized spacial score (nSPS) is 14.1. The summed E-state index contributed by atoms with van der Waals surface area (Å²) in [6.07, 6.45) is 2.33.